The van der Waals surface area contributed by atoms with Crippen LogP contribution >= 0.6 is 44.8 Å². The fourth-order valence-electron chi connectivity index (χ4n) is 1.78. The highest BCUT2D eigenvalue weighted by Gasteiger charge is 2.30. The molecule has 1 atom stereocenters. The molecule has 0 aromatic rings. The van der Waals surface area contributed by atoms with Gasteiger partial charge in [0.25, 0.3) is 0 Å². The molecule has 4 heteroatoms. The summed E-state index contributed by atoms with van der Waals surface area (Å²) in [4.78, 5) is -0.156. The zero-order valence-electron chi connectivity index (χ0n) is 12.5. The molecular formula is C14H29Cl3S. The Bertz CT molecular complexity index is 237. The number of rotatable bonds is 9. The van der Waals surface area contributed by atoms with Crippen LogP contribution in [0.4, 0.5) is 0 Å². The topological polar surface area (TPSA) is 0 Å². The van der Waals surface area contributed by atoms with Gasteiger partial charge in [-0.15, -0.1) is 34.8 Å². The first-order chi connectivity index (χ1) is 8.04. The molecule has 0 saturated heterocycles. The molecule has 0 saturated carbocycles. The van der Waals surface area contributed by atoms with E-state index in [1.165, 1.54) is 5.75 Å². The Labute approximate surface area is 130 Å². The summed E-state index contributed by atoms with van der Waals surface area (Å²) in [7, 11) is -0.519. The van der Waals surface area contributed by atoms with Crippen molar-refractivity contribution in [2.45, 2.75) is 62.1 Å². The molecule has 1 unspecified atom stereocenters. The predicted octanol–water partition coefficient (Wildman–Crippen LogP) is 6.21. The minimum Gasteiger partial charge on any atom is -0.247 e. The molecule has 0 aliphatic heterocycles. The average molecular weight is 336 g/mol. The van der Waals surface area contributed by atoms with Crippen LogP contribution in [0, 0.1) is 0 Å². The lowest BCUT2D eigenvalue weighted by molar-refractivity contribution is 0.483. The Morgan fingerprint density at radius 2 is 1.44 bits per heavy atom. The first-order valence-corrected chi connectivity index (χ1v) is 10.7. The first kappa shape index (κ1) is 19.2. The van der Waals surface area contributed by atoms with Crippen LogP contribution < -0.4 is 0 Å². The van der Waals surface area contributed by atoms with E-state index in [2.05, 4.69) is 33.3 Å². The maximum absolute atomic E-state index is 6.45. The van der Waals surface area contributed by atoms with Crippen LogP contribution in [-0.2, 0) is 0 Å². The van der Waals surface area contributed by atoms with E-state index in [9.17, 15) is 0 Å². The molecule has 18 heavy (non-hydrogen) atoms. The van der Waals surface area contributed by atoms with E-state index in [0.29, 0.717) is 0 Å². The fourth-order valence-corrected chi connectivity index (χ4v) is 3.86. The van der Waals surface area contributed by atoms with Gasteiger partial charge in [0, 0.05) is 4.87 Å². The second-order valence-electron chi connectivity index (χ2n) is 6.03. The third-order valence-electron chi connectivity index (χ3n) is 3.59. The largest absolute Gasteiger partial charge is 0.247 e. The van der Waals surface area contributed by atoms with Gasteiger partial charge in [0.05, 0.1) is 0 Å². The molecule has 0 bridgehead atoms. The standard InChI is InChI=1S/C14H29Cl3S/c1-6-8-13(3,15)9-10-14(16,17)11-12-18(4,5)7-2/h6-12H2,1-5H3. The first-order valence-electron chi connectivity index (χ1n) is 6.79. The molecular weight excluding hydrogens is 307 g/mol. The van der Waals surface area contributed by atoms with Gasteiger partial charge in [0.2, 0.25) is 0 Å². The van der Waals surface area contributed by atoms with Crippen LogP contribution in [0.15, 0.2) is 0 Å². The number of halogens is 3. The quantitative estimate of drug-likeness (QED) is 0.439. The summed E-state index contributed by atoms with van der Waals surface area (Å²) < 4.78 is -0.608. The molecule has 0 radical (unpaired) electrons. The summed E-state index contributed by atoms with van der Waals surface area (Å²) >= 11 is 19.3. The summed E-state index contributed by atoms with van der Waals surface area (Å²) in [6.45, 7) is 6.49. The van der Waals surface area contributed by atoms with Gasteiger partial charge in [-0.3, -0.25) is 0 Å². The van der Waals surface area contributed by atoms with Gasteiger partial charge in [-0.1, -0.05) is 20.3 Å². The Kier molecular flexibility index (Phi) is 8.39. The van der Waals surface area contributed by atoms with Crippen LogP contribution in [0.3, 0.4) is 0 Å². The SMILES string of the molecule is CCCC(C)(Cl)CCC(Cl)(Cl)CCS(C)(C)CC. The van der Waals surface area contributed by atoms with E-state index in [0.717, 1.165) is 37.9 Å². The molecule has 0 aromatic heterocycles. The van der Waals surface area contributed by atoms with Crippen LogP contribution in [0.5, 0.6) is 0 Å². The van der Waals surface area contributed by atoms with Gasteiger partial charge in [-0.05, 0) is 56.6 Å². The highest BCUT2D eigenvalue weighted by atomic mass is 35.5. The summed E-state index contributed by atoms with van der Waals surface area (Å²) in [5.41, 5.74) is 0. The highest BCUT2D eigenvalue weighted by molar-refractivity contribution is 8.32. The minimum atomic E-state index is -0.608. The van der Waals surface area contributed by atoms with Crippen molar-refractivity contribution in [3.05, 3.63) is 0 Å². The van der Waals surface area contributed by atoms with Crippen LogP contribution in [0.2, 0.25) is 0 Å². The van der Waals surface area contributed by atoms with Gasteiger partial charge >= 0.3 is 0 Å². The number of hydrogen-bond donors (Lipinski definition) is 0. The summed E-state index contributed by atoms with van der Waals surface area (Å²) in [6, 6.07) is 0. The Morgan fingerprint density at radius 1 is 0.889 bits per heavy atom. The molecule has 0 rings (SSSR count). The van der Waals surface area contributed by atoms with Gasteiger partial charge in [-0.25, -0.2) is 10.0 Å². The average Bonchev–Trinajstić information content (AvgIpc) is 2.25. The fraction of sp³-hybridized carbons (Fsp3) is 1.00. The predicted molar refractivity (Wildman–Crippen MR) is 92.3 cm³/mol. The third kappa shape index (κ3) is 9.18. The smallest absolute Gasteiger partial charge is 0.119 e. The van der Waals surface area contributed by atoms with E-state index in [1.54, 1.807) is 0 Å². The Hall–Kier alpha value is 1.22. The molecule has 0 N–H and O–H groups in total. The zero-order chi connectivity index (χ0) is 14.4. The molecule has 0 fully saturated rings. The van der Waals surface area contributed by atoms with Crippen LogP contribution in [0.1, 0.15) is 52.9 Å². The van der Waals surface area contributed by atoms with Crippen molar-refractivity contribution in [2.75, 3.05) is 24.0 Å². The Balaban J connectivity index is 4.15. The van der Waals surface area contributed by atoms with Crippen LogP contribution in [0.25, 0.3) is 0 Å². The Morgan fingerprint density at radius 3 is 1.89 bits per heavy atom. The lowest BCUT2D eigenvalue weighted by atomic mass is 9.97. The molecule has 0 aliphatic rings. The molecule has 0 aliphatic carbocycles. The lowest BCUT2D eigenvalue weighted by Crippen LogP contribution is -2.23. The second kappa shape index (κ2) is 7.86. The van der Waals surface area contributed by atoms with Gasteiger partial charge in [0.1, 0.15) is 4.33 Å². The number of alkyl halides is 3. The van der Waals surface area contributed by atoms with Gasteiger partial charge in [0.15, 0.2) is 0 Å². The highest BCUT2D eigenvalue weighted by Crippen LogP contribution is 2.44. The summed E-state index contributed by atoms with van der Waals surface area (Å²) in [5, 5.41) is 0. The maximum atomic E-state index is 6.45. The van der Waals surface area contributed by atoms with Crippen molar-refractivity contribution in [3.63, 3.8) is 0 Å². The lowest BCUT2D eigenvalue weighted by Gasteiger charge is -2.33. The number of hydrogen-bond acceptors (Lipinski definition) is 0. The van der Waals surface area contributed by atoms with E-state index < -0.39 is 14.4 Å². The van der Waals surface area contributed by atoms with Crippen molar-refractivity contribution in [2.24, 2.45) is 0 Å². The molecule has 0 heterocycles. The molecule has 112 valence electrons. The summed E-state index contributed by atoms with van der Waals surface area (Å²) in [5.74, 6) is 2.38. The van der Waals surface area contributed by atoms with Crippen molar-refractivity contribution in [1.82, 2.24) is 0 Å². The minimum absolute atomic E-state index is 0.156. The molecule has 0 amide bonds. The second-order valence-corrected chi connectivity index (χ2v) is 13.1. The van der Waals surface area contributed by atoms with E-state index >= 15 is 0 Å². The van der Waals surface area contributed by atoms with Gasteiger partial charge < -0.3 is 0 Å². The summed E-state index contributed by atoms with van der Waals surface area (Å²) in [6.07, 6.45) is 9.37. The van der Waals surface area contributed by atoms with Gasteiger partial charge in [-0.2, -0.15) is 0 Å². The van der Waals surface area contributed by atoms with E-state index in [1.807, 2.05) is 0 Å². The molecule has 0 nitrogen and oxygen atoms in total. The third-order valence-corrected chi connectivity index (χ3v) is 7.59. The molecule has 0 aromatic carbocycles. The maximum Gasteiger partial charge on any atom is 0.119 e. The van der Waals surface area contributed by atoms with E-state index in [4.69, 9.17) is 34.8 Å². The van der Waals surface area contributed by atoms with Crippen molar-refractivity contribution < 1.29 is 0 Å². The van der Waals surface area contributed by atoms with E-state index in [-0.39, 0.29) is 4.87 Å². The van der Waals surface area contributed by atoms with Crippen molar-refractivity contribution in [3.8, 4) is 0 Å². The monoisotopic (exact) mass is 334 g/mol. The van der Waals surface area contributed by atoms with Crippen molar-refractivity contribution in [1.29, 1.82) is 0 Å². The zero-order valence-corrected chi connectivity index (χ0v) is 15.6. The normalized spacial score (nSPS) is 17.6. The van der Waals surface area contributed by atoms with Crippen LogP contribution in [-0.4, -0.2) is 33.2 Å². The van der Waals surface area contributed by atoms with Crippen molar-refractivity contribution >= 4 is 44.8 Å². The molecule has 0 spiro atoms.